The van der Waals surface area contributed by atoms with Crippen LogP contribution in [0.3, 0.4) is 0 Å². The Labute approximate surface area is 218 Å². The topological polar surface area (TPSA) is 96.0 Å². The molecule has 0 unspecified atom stereocenters. The molecule has 8 nitrogen and oxygen atoms in total. The number of benzene rings is 2. The standard InChI is InChI=1S/C29H25FN6O2/c30-24-5-1-2-6-26(24)38-27-10-8-22(17-32-27)33-29(37)28-23-14-20(7-9-25(23)34-35-28)21-13-19(15-31-16-21)18-36-11-3-4-12-36/h1-2,5-10,13-17H,3-4,11-12,18H2,(H,33,37)(H,34,35). The normalized spacial score (nSPS) is 13.6. The van der Waals surface area contributed by atoms with E-state index in [0.717, 1.165) is 36.3 Å². The molecule has 0 aliphatic carbocycles. The number of rotatable bonds is 7. The van der Waals surface area contributed by atoms with Crippen molar-refractivity contribution in [3.8, 4) is 22.8 Å². The van der Waals surface area contributed by atoms with Gasteiger partial charge in [-0.15, -0.1) is 0 Å². The maximum absolute atomic E-state index is 13.8. The highest BCUT2D eigenvalue weighted by Gasteiger charge is 2.17. The monoisotopic (exact) mass is 508 g/mol. The summed E-state index contributed by atoms with van der Waals surface area (Å²) in [5.74, 6) is -0.569. The molecule has 2 aromatic carbocycles. The molecule has 3 aromatic heterocycles. The van der Waals surface area contributed by atoms with E-state index in [9.17, 15) is 9.18 Å². The van der Waals surface area contributed by atoms with Gasteiger partial charge in [0.25, 0.3) is 5.91 Å². The number of halogens is 1. The molecule has 1 saturated heterocycles. The van der Waals surface area contributed by atoms with E-state index in [0.29, 0.717) is 11.1 Å². The molecule has 0 saturated carbocycles. The summed E-state index contributed by atoms with van der Waals surface area (Å²) in [5.41, 5.74) is 4.61. The second-order valence-corrected chi connectivity index (χ2v) is 9.27. The van der Waals surface area contributed by atoms with E-state index in [1.165, 1.54) is 36.7 Å². The summed E-state index contributed by atoms with van der Waals surface area (Å²) < 4.78 is 19.3. The molecule has 1 aliphatic rings. The van der Waals surface area contributed by atoms with Crippen LogP contribution in [0, 0.1) is 5.82 Å². The summed E-state index contributed by atoms with van der Waals surface area (Å²) in [6.07, 6.45) is 7.70. The fourth-order valence-corrected chi connectivity index (χ4v) is 4.64. The predicted molar refractivity (Wildman–Crippen MR) is 142 cm³/mol. The number of likely N-dealkylation sites (tertiary alicyclic amines) is 1. The molecule has 1 fully saturated rings. The lowest BCUT2D eigenvalue weighted by Gasteiger charge is -2.14. The number of hydrogen-bond donors (Lipinski definition) is 2. The number of hydrogen-bond acceptors (Lipinski definition) is 6. The summed E-state index contributed by atoms with van der Waals surface area (Å²) >= 11 is 0. The van der Waals surface area contributed by atoms with Gasteiger partial charge in [-0.2, -0.15) is 5.10 Å². The molecule has 4 heterocycles. The summed E-state index contributed by atoms with van der Waals surface area (Å²) in [5, 5.41) is 10.7. The zero-order valence-corrected chi connectivity index (χ0v) is 20.5. The van der Waals surface area contributed by atoms with Crippen LogP contribution in [0.1, 0.15) is 28.9 Å². The van der Waals surface area contributed by atoms with Gasteiger partial charge in [0.2, 0.25) is 5.88 Å². The first-order valence-corrected chi connectivity index (χ1v) is 12.5. The molecular formula is C29H25FN6O2. The van der Waals surface area contributed by atoms with Gasteiger partial charge in [-0.1, -0.05) is 18.2 Å². The number of pyridine rings is 2. The van der Waals surface area contributed by atoms with Crippen LogP contribution < -0.4 is 10.1 Å². The quantitative estimate of drug-likeness (QED) is 0.289. The van der Waals surface area contributed by atoms with Crippen molar-refractivity contribution in [3.05, 3.63) is 96.3 Å². The molecule has 5 aromatic rings. The number of aromatic nitrogens is 4. The minimum Gasteiger partial charge on any atom is -0.436 e. The van der Waals surface area contributed by atoms with Crippen molar-refractivity contribution in [2.75, 3.05) is 18.4 Å². The number of nitrogens with zero attached hydrogens (tertiary/aromatic N) is 4. The van der Waals surface area contributed by atoms with Crippen molar-refractivity contribution >= 4 is 22.5 Å². The maximum atomic E-state index is 13.8. The molecule has 0 radical (unpaired) electrons. The van der Waals surface area contributed by atoms with Gasteiger partial charge in [0, 0.05) is 36.0 Å². The van der Waals surface area contributed by atoms with E-state index in [1.54, 1.807) is 24.3 Å². The number of fused-ring (bicyclic) bond motifs is 1. The van der Waals surface area contributed by atoms with Crippen LogP contribution in [0.15, 0.2) is 79.3 Å². The Morgan fingerprint density at radius 1 is 1.00 bits per heavy atom. The highest BCUT2D eigenvalue weighted by molar-refractivity contribution is 6.11. The molecule has 0 bridgehead atoms. The minimum atomic E-state index is -0.481. The molecule has 9 heteroatoms. The number of carbonyl (C=O) groups is 1. The van der Waals surface area contributed by atoms with Crippen molar-refractivity contribution in [2.45, 2.75) is 19.4 Å². The molecule has 1 aliphatic heterocycles. The van der Waals surface area contributed by atoms with Crippen LogP contribution >= 0.6 is 0 Å². The van der Waals surface area contributed by atoms with E-state index >= 15 is 0 Å². The van der Waals surface area contributed by atoms with Gasteiger partial charge in [-0.25, -0.2) is 9.37 Å². The number of nitrogens with one attached hydrogen (secondary N) is 2. The van der Waals surface area contributed by atoms with Gasteiger partial charge >= 0.3 is 0 Å². The molecule has 38 heavy (non-hydrogen) atoms. The molecule has 2 N–H and O–H groups in total. The van der Waals surface area contributed by atoms with Gasteiger partial charge in [0.05, 0.1) is 17.4 Å². The number of aromatic amines is 1. The average molecular weight is 509 g/mol. The first-order valence-electron chi connectivity index (χ1n) is 12.5. The van der Waals surface area contributed by atoms with Crippen LogP contribution in [0.25, 0.3) is 22.0 Å². The lowest BCUT2D eigenvalue weighted by Crippen LogP contribution is -2.18. The maximum Gasteiger partial charge on any atom is 0.276 e. The second kappa shape index (κ2) is 10.4. The lowest BCUT2D eigenvalue weighted by atomic mass is 10.0. The van der Waals surface area contributed by atoms with Crippen molar-refractivity contribution in [1.82, 2.24) is 25.1 Å². The third-order valence-electron chi connectivity index (χ3n) is 6.56. The highest BCUT2D eigenvalue weighted by atomic mass is 19.1. The number of ether oxygens (including phenoxy) is 1. The minimum absolute atomic E-state index is 0.0763. The number of para-hydroxylation sites is 1. The Kier molecular flexibility index (Phi) is 6.49. The molecule has 6 rings (SSSR count). The lowest BCUT2D eigenvalue weighted by molar-refractivity contribution is 0.102. The summed E-state index contributed by atoms with van der Waals surface area (Å²) in [6.45, 7) is 3.14. The average Bonchev–Trinajstić information content (AvgIpc) is 3.61. The Balaban J connectivity index is 1.19. The summed E-state index contributed by atoms with van der Waals surface area (Å²) in [6, 6.07) is 17.3. The third kappa shape index (κ3) is 5.09. The van der Waals surface area contributed by atoms with Gasteiger partial charge in [0.15, 0.2) is 17.3 Å². The molecule has 0 spiro atoms. The van der Waals surface area contributed by atoms with Gasteiger partial charge in [-0.3, -0.25) is 19.8 Å². The first-order chi connectivity index (χ1) is 18.6. The number of H-pyrrole nitrogens is 1. The SMILES string of the molecule is O=C(Nc1ccc(Oc2ccccc2F)nc1)c1n[nH]c2ccc(-c3cncc(CN4CCCC4)c3)cc12. The number of anilines is 1. The van der Waals surface area contributed by atoms with Crippen LogP contribution in [-0.4, -0.2) is 44.1 Å². The second-order valence-electron chi connectivity index (χ2n) is 9.27. The van der Waals surface area contributed by atoms with E-state index in [4.69, 9.17) is 4.74 Å². The summed E-state index contributed by atoms with van der Waals surface area (Å²) in [7, 11) is 0. The van der Waals surface area contributed by atoms with E-state index < -0.39 is 5.82 Å². The fraction of sp³-hybridized carbons (Fsp3) is 0.172. The number of amides is 1. The van der Waals surface area contributed by atoms with E-state index in [2.05, 4.69) is 36.4 Å². The van der Waals surface area contributed by atoms with Gasteiger partial charge in [0.1, 0.15) is 0 Å². The fourth-order valence-electron chi connectivity index (χ4n) is 4.64. The van der Waals surface area contributed by atoms with Crippen molar-refractivity contribution in [2.24, 2.45) is 0 Å². The van der Waals surface area contributed by atoms with E-state index in [-0.39, 0.29) is 23.2 Å². The molecule has 1 amide bonds. The highest BCUT2D eigenvalue weighted by Crippen LogP contribution is 2.27. The van der Waals surface area contributed by atoms with E-state index in [1.807, 2.05) is 30.6 Å². The smallest absolute Gasteiger partial charge is 0.276 e. The largest absolute Gasteiger partial charge is 0.436 e. The van der Waals surface area contributed by atoms with Gasteiger partial charge in [-0.05, 0) is 73.5 Å². The Morgan fingerprint density at radius 3 is 2.68 bits per heavy atom. The Morgan fingerprint density at radius 2 is 1.87 bits per heavy atom. The Bertz CT molecular complexity index is 1590. The van der Waals surface area contributed by atoms with Crippen molar-refractivity contribution < 1.29 is 13.9 Å². The number of carbonyl (C=O) groups excluding carboxylic acids is 1. The van der Waals surface area contributed by atoms with Crippen LogP contribution in [0.4, 0.5) is 10.1 Å². The van der Waals surface area contributed by atoms with Crippen LogP contribution in [-0.2, 0) is 6.54 Å². The zero-order valence-electron chi connectivity index (χ0n) is 20.5. The molecule has 190 valence electrons. The molecule has 0 atom stereocenters. The summed E-state index contributed by atoms with van der Waals surface area (Å²) in [4.78, 5) is 24.1. The van der Waals surface area contributed by atoms with Crippen LogP contribution in [0.5, 0.6) is 11.6 Å². The zero-order chi connectivity index (χ0) is 25.9. The third-order valence-corrected chi connectivity index (χ3v) is 6.56. The van der Waals surface area contributed by atoms with Crippen molar-refractivity contribution in [1.29, 1.82) is 0 Å². The predicted octanol–water partition coefficient (Wildman–Crippen LogP) is 5.80. The van der Waals surface area contributed by atoms with Crippen molar-refractivity contribution in [3.63, 3.8) is 0 Å². The molecular weight excluding hydrogens is 483 g/mol. The van der Waals surface area contributed by atoms with Crippen LogP contribution in [0.2, 0.25) is 0 Å². The Hall–Kier alpha value is -4.63. The van der Waals surface area contributed by atoms with Gasteiger partial charge < -0.3 is 10.1 Å². The first kappa shape index (κ1) is 23.7.